The van der Waals surface area contributed by atoms with Crippen molar-refractivity contribution in [2.24, 2.45) is 0 Å². The summed E-state index contributed by atoms with van der Waals surface area (Å²) >= 11 is 0. The molecule has 0 aromatic rings. The monoisotopic (exact) mass is 177 g/mol. The maximum absolute atomic E-state index is 3.44. The van der Waals surface area contributed by atoms with E-state index in [1.54, 1.807) is 0 Å². The maximum atomic E-state index is 3.44. The second-order valence-electron chi connectivity index (χ2n) is 3.81. The second-order valence-corrected chi connectivity index (χ2v) is 3.81. The van der Waals surface area contributed by atoms with Gasteiger partial charge in [-0.05, 0) is 50.2 Å². The first-order chi connectivity index (χ1) is 6.43. The summed E-state index contributed by atoms with van der Waals surface area (Å²) in [5.41, 5.74) is 1.45. The van der Waals surface area contributed by atoms with Gasteiger partial charge in [0.05, 0.1) is 0 Å². The zero-order valence-corrected chi connectivity index (χ0v) is 8.81. The number of unbranched alkanes of at least 4 members (excludes halogenated alkanes) is 3. The van der Waals surface area contributed by atoms with Gasteiger partial charge in [0.1, 0.15) is 0 Å². The molecule has 13 heavy (non-hydrogen) atoms. The predicted molar refractivity (Wildman–Crippen MR) is 58.5 cm³/mol. The van der Waals surface area contributed by atoms with Crippen LogP contribution in [0.4, 0.5) is 0 Å². The number of allylic oxidation sites excluding steroid dienone is 4. The van der Waals surface area contributed by atoms with Crippen molar-refractivity contribution in [3.05, 3.63) is 23.8 Å². The Balaban J connectivity index is 2.11. The summed E-state index contributed by atoms with van der Waals surface area (Å²) in [6, 6.07) is 0. The molecule has 0 fully saturated rings. The normalized spacial score (nSPS) is 17.8. The molecule has 0 amide bonds. The zero-order chi connectivity index (χ0) is 9.36. The molecule has 1 radical (unpaired) electrons. The summed E-state index contributed by atoms with van der Waals surface area (Å²) in [6.07, 6.45) is 18.5. The van der Waals surface area contributed by atoms with Crippen molar-refractivity contribution in [1.82, 2.24) is 0 Å². The average molecular weight is 177 g/mol. The minimum Gasteiger partial charge on any atom is -0.0843 e. The lowest BCUT2D eigenvalue weighted by atomic mass is 9.99. The molecule has 0 heteroatoms. The first-order valence-corrected chi connectivity index (χ1v) is 5.69. The van der Waals surface area contributed by atoms with Crippen LogP contribution in [0.15, 0.2) is 17.7 Å². The van der Waals surface area contributed by atoms with Crippen molar-refractivity contribution in [3.8, 4) is 0 Å². The molecule has 0 saturated carbocycles. The molecule has 0 spiro atoms. The third kappa shape index (κ3) is 4.92. The van der Waals surface area contributed by atoms with Crippen LogP contribution in [0.5, 0.6) is 0 Å². The molecule has 1 rings (SSSR count). The first kappa shape index (κ1) is 10.6. The van der Waals surface area contributed by atoms with Gasteiger partial charge >= 0.3 is 0 Å². The predicted octanol–water partition coefficient (Wildman–Crippen LogP) is 4.43. The Bertz CT molecular complexity index is 174. The molecule has 0 heterocycles. The van der Waals surface area contributed by atoms with E-state index in [1.165, 1.54) is 56.9 Å². The number of rotatable bonds is 5. The van der Waals surface area contributed by atoms with E-state index in [0.717, 1.165) is 0 Å². The topological polar surface area (TPSA) is 0 Å². The van der Waals surface area contributed by atoms with Gasteiger partial charge in [-0.2, -0.15) is 0 Å². The molecule has 0 saturated heterocycles. The van der Waals surface area contributed by atoms with Gasteiger partial charge in [0, 0.05) is 0 Å². The fraction of sp³-hybridized carbons (Fsp3) is 0.692. The van der Waals surface area contributed by atoms with Crippen molar-refractivity contribution in [2.45, 2.75) is 58.3 Å². The maximum Gasteiger partial charge on any atom is -0.0273 e. The van der Waals surface area contributed by atoms with E-state index >= 15 is 0 Å². The van der Waals surface area contributed by atoms with Crippen molar-refractivity contribution in [3.63, 3.8) is 0 Å². The van der Waals surface area contributed by atoms with Crippen LogP contribution in [-0.4, -0.2) is 0 Å². The molecule has 0 aromatic carbocycles. The highest BCUT2D eigenvalue weighted by molar-refractivity contribution is 5.16. The Morgan fingerprint density at radius 1 is 1.31 bits per heavy atom. The average Bonchev–Trinajstić information content (AvgIpc) is 2.19. The Hall–Kier alpha value is -0.520. The minimum atomic E-state index is 1.18. The molecule has 1 aliphatic rings. The van der Waals surface area contributed by atoms with Crippen LogP contribution >= 0.6 is 0 Å². The second kappa shape index (κ2) is 6.94. The quantitative estimate of drug-likeness (QED) is 0.545. The highest BCUT2D eigenvalue weighted by Crippen LogP contribution is 2.17. The van der Waals surface area contributed by atoms with Crippen LogP contribution in [0, 0.1) is 6.08 Å². The summed E-state index contributed by atoms with van der Waals surface area (Å²) < 4.78 is 0. The lowest BCUT2D eigenvalue weighted by Gasteiger charge is -2.07. The Morgan fingerprint density at radius 2 is 2.23 bits per heavy atom. The summed E-state index contributed by atoms with van der Waals surface area (Å²) in [6.45, 7) is 2.25. The van der Waals surface area contributed by atoms with Gasteiger partial charge in [0.15, 0.2) is 0 Å². The van der Waals surface area contributed by atoms with Crippen molar-refractivity contribution >= 4 is 0 Å². The number of hydrogen-bond donors (Lipinski definition) is 0. The fourth-order valence-corrected chi connectivity index (χ4v) is 1.66. The van der Waals surface area contributed by atoms with Gasteiger partial charge in [0.2, 0.25) is 0 Å². The van der Waals surface area contributed by atoms with E-state index in [1.807, 2.05) is 0 Å². The van der Waals surface area contributed by atoms with E-state index in [4.69, 9.17) is 0 Å². The number of hydrogen-bond acceptors (Lipinski definition) is 0. The van der Waals surface area contributed by atoms with Crippen LogP contribution in [-0.2, 0) is 0 Å². The standard InChI is InChI=1S/C13H21/c1-2-3-4-5-7-10-13-11-8-6-9-12-13/h7,10H,2-6,8-9,11H2,1H3. The van der Waals surface area contributed by atoms with E-state index in [0.29, 0.717) is 0 Å². The molecule has 73 valence electrons. The van der Waals surface area contributed by atoms with Crippen molar-refractivity contribution < 1.29 is 0 Å². The molecule has 0 bridgehead atoms. The summed E-state index contributed by atoms with van der Waals surface area (Å²) in [5, 5.41) is 0. The summed E-state index contributed by atoms with van der Waals surface area (Å²) in [7, 11) is 0. The van der Waals surface area contributed by atoms with Crippen LogP contribution in [0.3, 0.4) is 0 Å². The minimum absolute atomic E-state index is 1.18. The van der Waals surface area contributed by atoms with E-state index in [2.05, 4.69) is 25.2 Å². The molecular weight excluding hydrogens is 156 g/mol. The van der Waals surface area contributed by atoms with E-state index in [-0.39, 0.29) is 0 Å². The Labute approximate surface area is 82.7 Å². The summed E-state index contributed by atoms with van der Waals surface area (Å²) in [4.78, 5) is 0. The Kier molecular flexibility index (Phi) is 5.64. The molecule has 0 unspecified atom stereocenters. The van der Waals surface area contributed by atoms with Gasteiger partial charge in [-0.3, -0.25) is 0 Å². The van der Waals surface area contributed by atoms with Gasteiger partial charge in [-0.25, -0.2) is 0 Å². The molecule has 0 nitrogen and oxygen atoms in total. The van der Waals surface area contributed by atoms with Crippen molar-refractivity contribution in [2.75, 3.05) is 0 Å². The molecular formula is C13H21. The van der Waals surface area contributed by atoms with Gasteiger partial charge in [-0.1, -0.05) is 31.9 Å². The lowest BCUT2D eigenvalue weighted by Crippen LogP contribution is -1.88. The van der Waals surface area contributed by atoms with E-state index in [9.17, 15) is 0 Å². The van der Waals surface area contributed by atoms with Crippen LogP contribution in [0.2, 0.25) is 0 Å². The molecule has 0 aliphatic heterocycles. The van der Waals surface area contributed by atoms with E-state index < -0.39 is 0 Å². The molecule has 0 atom stereocenters. The van der Waals surface area contributed by atoms with Crippen LogP contribution in [0.1, 0.15) is 58.3 Å². The van der Waals surface area contributed by atoms with Crippen LogP contribution in [0.25, 0.3) is 0 Å². The van der Waals surface area contributed by atoms with Gasteiger partial charge in [0.25, 0.3) is 0 Å². The smallest absolute Gasteiger partial charge is 0.0273 e. The Morgan fingerprint density at radius 3 is 2.92 bits per heavy atom. The zero-order valence-electron chi connectivity index (χ0n) is 8.81. The highest BCUT2D eigenvalue weighted by atomic mass is 14.0. The third-order valence-corrected chi connectivity index (χ3v) is 2.52. The van der Waals surface area contributed by atoms with Crippen LogP contribution < -0.4 is 0 Å². The third-order valence-electron chi connectivity index (χ3n) is 2.52. The highest BCUT2D eigenvalue weighted by Gasteiger charge is 1.99. The SMILES string of the molecule is CCCCCC=CC1=[C]CCCC1. The summed E-state index contributed by atoms with van der Waals surface area (Å²) in [5.74, 6) is 0. The molecule has 1 aliphatic carbocycles. The fourth-order valence-electron chi connectivity index (χ4n) is 1.66. The van der Waals surface area contributed by atoms with Gasteiger partial charge < -0.3 is 0 Å². The first-order valence-electron chi connectivity index (χ1n) is 5.69. The van der Waals surface area contributed by atoms with Gasteiger partial charge in [-0.15, -0.1) is 0 Å². The molecule has 0 N–H and O–H groups in total. The lowest BCUT2D eigenvalue weighted by molar-refractivity contribution is 0.697. The largest absolute Gasteiger partial charge is 0.0843 e. The van der Waals surface area contributed by atoms with Crippen molar-refractivity contribution in [1.29, 1.82) is 0 Å². The molecule has 0 aromatic heterocycles.